The summed E-state index contributed by atoms with van der Waals surface area (Å²) in [6, 6.07) is -0.434. The number of primary amides is 1. The quantitative estimate of drug-likeness (QED) is 0.844. The Bertz CT molecular complexity index is 407. The molecule has 0 aliphatic carbocycles. The van der Waals surface area contributed by atoms with Crippen LogP contribution in [-0.2, 0) is 9.53 Å². The van der Waals surface area contributed by atoms with Gasteiger partial charge in [0.25, 0.3) is 0 Å². The molecule has 1 saturated heterocycles. The minimum atomic E-state index is -0.434. The first-order chi connectivity index (χ1) is 8.09. The smallest absolute Gasteiger partial charge is 0.242 e. The average molecular weight is 256 g/mol. The number of hydrogen-bond donors (Lipinski definition) is 1. The van der Waals surface area contributed by atoms with Crippen molar-refractivity contribution in [2.45, 2.75) is 25.8 Å². The third kappa shape index (κ3) is 2.55. The van der Waals surface area contributed by atoms with Crippen molar-refractivity contribution < 1.29 is 9.53 Å². The Labute approximate surface area is 104 Å². The minimum absolute atomic E-state index is 0.285. The number of hydrogen-bond acceptors (Lipinski definition) is 6. The highest BCUT2D eigenvalue weighted by molar-refractivity contribution is 7.09. The lowest BCUT2D eigenvalue weighted by molar-refractivity contribution is -0.121. The van der Waals surface area contributed by atoms with E-state index in [1.807, 2.05) is 18.7 Å². The normalized spacial score (nSPS) is 20.9. The Hall–Kier alpha value is -1.21. The van der Waals surface area contributed by atoms with E-state index in [1.54, 1.807) is 0 Å². The second kappa shape index (κ2) is 4.97. The first-order valence-corrected chi connectivity index (χ1v) is 6.34. The molecule has 7 heteroatoms. The predicted molar refractivity (Wildman–Crippen MR) is 65.1 cm³/mol. The molecule has 6 nitrogen and oxygen atoms in total. The van der Waals surface area contributed by atoms with Gasteiger partial charge in [-0.2, -0.15) is 4.37 Å². The van der Waals surface area contributed by atoms with Crippen LogP contribution >= 0.6 is 11.5 Å². The summed E-state index contributed by atoms with van der Waals surface area (Å²) in [6.45, 7) is 5.61. The first-order valence-electron chi connectivity index (χ1n) is 5.57. The zero-order chi connectivity index (χ0) is 12.4. The van der Waals surface area contributed by atoms with E-state index in [4.69, 9.17) is 10.5 Å². The van der Waals surface area contributed by atoms with Crippen molar-refractivity contribution in [3.05, 3.63) is 5.82 Å². The summed E-state index contributed by atoms with van der Waals surface area (Å²) in [6.07, 6.45) is 0. The van der Waals surface area contributed by atoms with Crippen LogP contribution in [0, 0.1) is 0 Å². The molecule has 17 heavy (non-hydrogen) atoms. The summed E-state index contributed by atoms with van der Waals surface area (Å²) in [5, 5.41) is 0.751. The fourth-order valence-electron chi connectivity index (χ4n) is 1.65. The van der Waals surface area contributed by atoms with E-state index in [-0.39, 0.29) is 11.8 Å². The third-order valence-corrected chi connectivity index (χ3v) is 3.42. The van der Waals surface area contributed by atoms with Gasteiger partial charge in [-0.15, -0.1) is 0 Å². The van der Waals surface area contributed by atoms with Gasteiger partial charge in [0.15, 0.2) is 0 Å². The van der Waals surface area contributed by atoms with Crippen molar-refractivity contribution >= 4 is 22.6 Å². The Kier molecular flexibility index (Phi) is 3.58. The predicted octanol–water partition coefficient (Wildman–Crippen LogP) is 0.352. The monoisotopic (exact) mass is 256 g/mol. The molecule has 1 atom stereocenters. The van der Waals surface area contributed by atoms with E-state index in [0.29, 0.717) is 19.8 Å². The van der Waals surface area contributed by atoms with Crippen molar-refractivity contribution in [1.29, 1.82) is 0 Å². The minimum Gasteiger partial charge on any atom is -0.377 e. The van der Waals surface area contributed by atoms with Gasteiger partial charge < -0.3 is 15.4 Å². The van der Waals surface area contributed by atoms with Crippen molar-refractivity contribution in [3.8, 4) is 0 Å². The van der Waals surface area contributed by atoms with E-state index in [1.165, 1.54) is 11.5 Å². The molecule has 1 aliphatic rings. The number of nitrogens with zero attached hydrogens (tertiary/aromatic N) is 3. The van der Waals surface area contributed by atoms with Crippen LogP contribution in [0.2, 0.25) is 0 Å². The second-order valence-corrected chi connectivity index (χ2v) is 5.01. The number of anilines is 1. The van der Waals surface area contributed by atoms with Gasteiger partial charge in [0, 0.05) is 24.0 Å². The number of carbonyl (C=O) groups is 1. The number of nitrogens with two attached hydrogens (primary N) is 1. The topological polar surface area (TPSA) is 81.3 Å². The fraction of sp³-hybridized carbons (Fsp3) is 0.700. The molecule has 1 fully saturated rings. The molecule has 1 amide bonds. The maximum absolute atomic E-state index is 11.3. The fourth-order valence-corrected chi connectivity index (χ4v) is 2.53. The van der Waals surface area contributed by atoms with Gasteiger partial charge in [-0.1, -0.05) is 13.8 Å². The Balaban J connectivity index is 2.20. The number of amides is 1. The highest BCUT2D eigenvalue weighted by Gasteiger charge is 2.30. The van der Waals surface area contributed by atoms with E-state index in [0.717, 1.165) is 11.0 Å². The number of morpholine rings is 1. The van der Waals surface area contributed by atoms with Gasteiger partial charge in [-0.05, 0) is 0 Å². The molecule has 1 aliphatic heterocycles. The van der Waals surface area contributed by atoms with E-state index >= 15 is 0 Å². The van der Waals surface area contributed by atoms with Crippen LogP contribution in [0.5, 0.6) is 0 Å². The van der Waals surface area contributed by atoms with Gasteiger partial charge in [0.2, 0.25) is 11.0 Å². The molecule has 2 rings (SSSR count). The molecule has 0 bridgehead atoms. The molecule has 0 saturated carbocycles. The largest absolute Gasteiger partial charge is 0.377 e. The van der Waals surface area contributed by atoms with Crippen LogP contribution in [0.4, 0.5) is 5.13 Å². The van der Waals surface area contributed by atoms with E-state index in [9.17, 15) is 4.79 Å². The molecule has 2 heterocycles. The standard InChI is InChI=1S/C10H16N4O2S/c1-6(2)9-12-10(17-13-9)14-3-4-16-5-7(14)8(11)15/h6-7H,3-5H2,1-2H3,(H2,11,15)/t7-/m1/s1. The van der Waals surface area contributed by atoms with Gasteiger partial charge in [0.1, 0.15) is 11.9 Å². The van der Waals surface area contributed by atoms with Crippen LogP contribution < -0.4 is 10.6 Å². The molecule has 1 aromatic heterocycles. The molecular weight excluding hydrogens is 240 g/mol. The summed E-state index contributed by atoms with van der Waals surface area (Å²) in [5.41, 5.74) is 5.36. The lowest BCUT2D eigenvalue weighted by Gasteiger charge is -2.32. The maximum atomic E-state index is 11.3. The number of carbonyl (C=O) groups excluding carboxylic acids is 1. The van der Waals surface area contributed by atoms with Crippen molar-refractivity contribution in [3.63, 3.8) is 0 Å². The lowest BCUT2D eigenvalue weighted by Crippen LogP contribution is -2.52. The Morgan fingerprint density at radius 3 is 3.00 bits per heavy atom. The summed E-state index contributed by atoms with van der Waals surface area (Å²) < 4.78 is 9.54. The highest BCUT2D eigenvalue weighted by Crippen LogP contribution is 2.24. The van der Waals surface area contributed by atoms with Gasteiger partial charge >= 0.3 is 0 Å². The summed E-state index contributed by atoms with van der Waals surface area (Å²) in [7, 11) is 0. The van der Waals surface area contributed by atoms with Crippen LogP contribution in [0.1, 0.15) is 25.6 Å². The first kappa shape index (κ1) is 12.3. The molecule has 0 unspecified atom stereocenters. The van der Waals surface area contributed by atoms with Gasteiger partial charge in [-0.3, -0.25) is 4.79 Å². The molecule has 0 spiro atoms. The van der Waals surface area contributed by atoms with Crippen LogP contribution in [-0.4, -0.2) is 41.1 Å². The zero-order valence-electron chi connectivity index (χ0n) is 9.92. The number of rotatable bonds is 3. The SMILES string of the molecule is CC(C)c1nsc(N2CCOC[C@@H]2C(N)=O)n1. The van der Waals surface area contributed by atoms with Gasteiger partial charge in [0.05, 0.1) is 13.2 Å². The lowest BCUT2D eigenvalue weighted by atomic mass is 10.2. The Morgan fingerprint density at radius 1 is 1.65 bits per heavy atom. The summed E-state index contributed by atoms with van der Waals surface area (Å²) in [5.74, 6) is 0.707. The average Bonchev–Trinajstić information content (AvgIpc) is 2.78. The summed E-state index contributed by atoms with van der Waals surface area (Å²) >= 11 is 1.31. The molecular formula is C10H16N4O2S. The van der Waals surface area contributed by atoms with Gasteiger partial charge in [-0.25, -0.2) is 4.98 Å². The van der Waals surface area contributed by atoms with Crippen LogP contribution in [0.15, 0.2) is 0 Å². The summed E-state index contributed by atoms with van der Waals surface area (Å²) in [4.78, 5) is 17.7. The maximum Gasteiger partial charge on any atom is 0.242 e. The molecule has 1 aromatic rings. The molecule has 2 N–H and O–H groups in total. The van der Waals surface area contributed by atoms with E-state index in [2.05, 4.69) is 9.36 Å². The van der Waals surface area contributed by atoms with E-state index < -0.39 is 6.04 Å². The second-order valence-electron chi connectivity index (χ2n) is 4.28. The van der Waals surface area contributed by atoms with Crippen LogP contribution in [0.25, 0.3) is 0 Å². The highest BCUT2D eigenvalue weighted by atomic mass is 32.1. The molecule has 0 aromatic carbocycles. The van der Waals surface area contributed by atoms with Crippen molar-refractivity contribution in [1.82, 2.24) is 9.36 Å². The molecule has 94 valence electrons. The van der Waals surface area contributed by atoms with Crippen LogP contribution in [0.3, 0.4) is 0 Å². The number of aromatic nitrogens is 2. The molecule has 0 radical (unpaired) electrons. The third-order valence-electron chi connectivity index (χ3n) is 2.65. The number of ether oxygens (including phenoxy) is 1. The van der Waals surface area contributed by atoms with Crippen molar-refractivity contribution in [2.24, 2.45) is 5.73 Å². The Morgan fingerprint density at radius 2 is 2.41 bits per heavy atom. The zero-order valence-corrected chi connectivity index (χ0v) is 10.7. The van der Waals surface area contributed by atoms with Crippen molar-refractivity contribution in [2.75, 3.05) is 24.7 Å².